The third kappa shape index (κ3) is 5.13. The number of benzene rings is 3. The van der Waals surface area contributed by atoms with Gasteiger partial charge in [-0.1, -0.05) is 84.8 Å². The highest BCUT2D eigenvalue weighted by atomic mass is 35.5. The lowest BCUT2D eigenvalue weighted by Crippen LogP contribution is -2.53. The number of hydrogen-bond acceptors (Lipinski definition) is 2. The Morgan fingerprint density at radius 3 is 2.40 bits per heavy atom. The Balaban J connectivity index is 1.43. The molecule has 3 aromatic carbocycles. The summed E-state index contributed by atoms with van der Waals surface area (Å²) in [4.78, 5) is 5.24. The smallest absolute Gasteiger partial charge is 0.0484 e. The van der Waals surface area contributed by atoms with Gasteiger partial charge in [0.15, 0.2) is 0 Å². The van der Waals surface area contributed by atoms with Crippen molar-refractivity contribution in [1.29, 1.82) is 0 Å². The summed E-state index contributed by atoms with van der Waals surface area (Å²) < 4.78 is 0. The van der Waals surface area contributed by atoms with Crippen LogP contribution < -0.4 is 0 Å². The van der Waals surface area contributed by atoms with Crippen LogP contribution in [0, 0.1) is 6.92 Å². The Hall–Kier alpha value is -2.13. The molecule has 1 heterocycles. The van der Waals surface area contributed by atoms with E-state index in [1.165, 1.54) is 22.3 Å². The summed E-state index contributed by atoms with van der Waals surface area (Å²) in [5.41, 5.74) is 6.33. The van der Waals surface area contributed by atoms with Gasteiger partial charge in [0.05, 0.1) is 0 Å². The first kappa shape index (κ1) is 21.1. The van der Waals surface area contributed by atoms with E-state index in [4.69, 9.17) is 11.6 Å². The minimum absolute atomic E-state index is 0.580. The van der Waals surface area contributed by atoms with Crippen molar-refractivity contribution in [3.8, 4) is 11.1 Å². The molecule has 0 N–H and O–H groups in total. The molecule has 0 spiro atoms. The molecule has 4 rings (SSSR count). The molecular formula is C27H31ClN2. The number of hydrogen-bond donors (Lipinski definition) is 0. The van der Waals surface area contributed by atoms with Crippen LogP contribution in [-0.4, -0.2) is 42.0 Å². The van der Waals surface area contributed by atoms with E-state index in [9.17, 15) is 0 Å². The third-order valence-corrected chi connectivity index (χ3v) is 6.53. The summed E-state index contributed by atoms with van der Waals surface area (Å²) in [6, 6.07) is 26.6. The summed E-state index contributed by atoms with van der Waals surface area (Å²) in [6.45, 7) is 9.91. The van der Waals surface area contributed by atoms with Gasteiger partial charge in [0.1, 0.15) is 0 Å². The monoisotopic (exact) mass is 418 g/mol. The van der Waals surface area contributed by atoms with Gasteiger partial charge in [-0.05, 0) is 48.7 Å². The molecule has 1 aliphatic rings. The van der Waals surface area contributed by atoms with Crippen molar-refractivity contribution >= 4 is 11.6 Å². The normalized spacial score (nSPS) is 17.9. The molecule has 1 fully saturated rings. The number of rotatable bonds is 6. The molecule has 1 aliphatic heterocycles. The van der Waals surface area contributed by atoms with Crippen LogP contribution in [0.4, 0.5) is 0 Å². The fourth-order valence-corrected chi connectivity index (χ4v) is 4.73. The lowest BCUT2D eigenvalue weighted by Gasteiger charge is -2.41. The van der Waals surface area contributed by atoms with Crippen LogP contribution in [0.1, 0.15) is 23.6 Å². The molecule has 0 saturated carbocycles. The van der Waals surface area contributed by atoms with E-state index in [0.717, 1.165) is 49.7 Å². The number of nitrogens with zero attached hydrogens (tertiary/aromatic N) is 2. The fourth-order valence-electron chi connectivity index (χ4n) is 4.51. The molecule has 0 bridgehead atoms. The van der Waals surface area contributed by atoms with E-state index in [0.29, 0.717) is 6.04 Å². The van der Waals surface area contributed by atoms with Crippen molar-refractivity contribution < 1.29 is 0 Å². The zero-order chi connectivity index (χ0) is 20.9. The third-order valence-electron chi connectivity index (χ3n) is 6.20. The summed E-state index contributed by atoms with van der Waals surface area (Å²) in [5.74, 6) is 0. The summed E-state index contributed by atoms with van der Waals surface area (Å²) in [5, 5.41) is 0.813. The average molecular weight is 419 g/mol. The Morgan fingerprint density at radius 2 is 1.67 bits per heavy atom. The van der Waals surface area contributed by atoms with Gasteiger partial charge < -0.3 is 0 Å². The fraction of sp³-hybridized carbons (Fsp3) is 0.333. The van der Waals surface area contributed by atoms with E-state index in [1.54, 1.807) is 0 Å². The maximum Gasteiger partial charge on any atom is 0.0484 e. The van der Waals surface area contributed by atoms with E-state index >= 15 is 0 Å². The summed E-state index contributed by atoms with van der Waals surface area (Å²) >= 11 is 6.42. The van der Waals surface area contributed by atoms with Gasteiger partial charge in [0.2, 0.25) is 0 Å². The summed E-state index contributed by atoms with van der Waals surface area (Å²) in [6.07, 6.45) is 1.12. The lowest BCUT2D eigenvalue weighted by molar-refractivity contribution is 0.0741. The molecule has 1 unspecified atom stereocenters. The van der Waals surface area contributed by atoms with Crippen LogP contribution in [-0.2, 0) is 13.0 Å². The highest BCUT2D eigenvalue weighted by Crippen LogP contribution is 2.29. The zero-order valence-electron chi connectivity index (χ0n) is 18.0. The van der Waals surface area contributed by atoms with Gasteiger partial charge in [-0.15, -0.1) is 0 Å². The van der Waals surface area contributed by atoms with Crippen molar-refractivity contribution in [1.82, 2.24) is 9.80 Å². The molecule has 3 aromatic rings. The average Bonchev–Trinajstić information content (AvgIpc) is 2.77. The molecule has 3 heteroatoms. The minimum atomic E-state index is 0.580. The molecule has 0 amide bonds. The minimum Gasteiger partial charge on any atom is -0.298 e. The van der Waals surface area contributed by atoms with Gasteiger partial charge in [-0.2, -0.15) is 0 Å². The van der Waals surface area contributed by atoms with Crippen LogP contribution in [0.25, 0.3) is 11.1 Å². The number of piperazine rings is 1. The van der Waals surface area contributed by atoms with E-state index in [1.807, 2.05) is 6.07 Å². The first-order valence-corrected chi connectivity index (χ1v) is 11.4. The zero-order valence-corrected chi connectivity index (χ0v) is 18.8. The van der Waals surface area contributed by atoms with Crippen LogP contribution in [0.3, 0.4) is 0 Å². The topological polar surface area (TPSA) is 6.48 Å². The van der Waals surface area contributed by atoms with Gasteiger partial charge in [-0.25, -0.2) is 0 Å². The molecule has 0 radical (unpaired) electrons. The van der Waals surface area contributed by atoms with Crippen molar-refractivity contribution in [3.63, 3.8) is 0 Å². The first-order chi connectivity index (χ1) is 14.6. The Bertz CT molecular complexity index is 952. The van der Waals surface area contributed by atoms with Crippen LogP contribution in [0.2, 0.25) is 5.02 Å². The standard InChI is InChI=1S/C27H31ClN2/c1-3-30-16-15-29(20-25(30)18-22-7-5-4-6-8-22)19-23-10-12-24(13-11-23)26-17-21(2)9-14-27(26)28/h4-14,17,25H,3,15-16,18-20H2,1-2H3. The van der Waals surface area contributed by atoms with Gasteiger partial charge in [0, 0.05) is 42.8 Å². The first-order valence-electron chi connectivity index (χ1n) is 11.0. The molecule has 2 nitrogen and oxygen atoms in total. The Kier molecular flexibility index (Phi) is 6.89. The summed E-state index contributed by atoms with van der Waals surface area (Å²) in [7, 11) is 0. The highest BCUT2D eigenvalue weighted by molar-refractivity contribution is 6.33. The van der Waals surface area contributed by atoms with E-state index in [2.05, 4.69) is 90.4 Å². The Labute approximate surface area is 186 Å². The predicted octanol–water partition coefficient (Wildman–Crippen LogP) is 6.06. The lowest BCUT2D eigenvalue weighted by atomic mass is 10.0. The van der Waals surface area contributed by atoms with Gasteiger partial charge in [-0.3, -0.25) is 9.80 Å². The molecule has 1 atom stereocenters. The molecule has 156 valence electrons. The van der Waals surface area contributed by atoms with Crippen molar-refractivity contribution in [2.45, 2.75) is 32.9 Å². The molecule has 30 heavy (non-hydrogen) atoms. The maximum atomic E-state index is 6.42. The SMILES string of the molecule is CCN1CCN(Cc2ccc(-c3cc(C)ccc3Cl)cc2)CC1Cc1ccccc1. The van der Waals surface area contributed by atoms with Crippen molar-refractivity contribution in [2.75, 3.05) is 26.2 Å². The van der Waals surface area contributed by atoms with Crippen molar-refractivity contribution in [3.05, 3.63) is 94.5 Å². The second-order valence-electron chi connectivity index (χ2n) is 8.39. The van der Waals surface area contributed by atoms with Crippen molar-refractivity contribution in [2.24, 2.45) is 0 Å². The van der Waals surface area contributed by atoms with Crippen LogP contribution >= 0.6 is 11.6 Å². The molecule has 0 aromatic heterocycles. The quantitative estimate of drug-likeness (QED) is 0.479. The molecule has 1 saturated heterocycles. The Morgan fingerprint density at radius 1 is 0.900 bits per heavy atom. The van der Waals surface area contributed by atoms with Crippen LogP contribution in [0.5, 0.6) is 0 Å². The van der Waals surface area contributed by atoms with E-state index < -0.39 is 0 Å². The predicted molar refractivity (Wildman–Crippen MR) is 128 cm³/mol. The highest BCUT2D eigenvalue weighted by Gasteiger charge is 2.26. The van der Waals surface area contributed by atoms with Crippen LogP contribution in [0.15, 0.2) is 72.8 Å². The molecule has 0 aliphatic carbocycles. The van der Waals surface area contributed by atoms with E-state index in [-0.39, 0.29) is 0 Å². The number of halogens is 1. The largest absolute Gasteiger partial charge is 0.298 e. The van der Waals surface area contributed by atoms with Gasteiger partial charge >= 0.3 is 0 Å². The number of likely N-dealkylation sites (N-methyl/N-ethyl adjacent to an activating group) is 1. The van der Waals surface area contributed by atoms with Gasteiger partial charge in [0.25, 0.3) is 0 Å². The molecular weight excluding hydrogens is 388 g/mol. The maximum absolute atomic E-state index is 6.42. The number of aryl methyl sites for hydroxylation is 1. The second-order valence-corrected chi connectivity index (χ2v) is 8.79. The second kappa shape index (κ2) is 9.78.